The number of nitrogens with two attached hydrogens (primary N) is 1. The van der Waals surface area contributed by atoms with Crippen LogP contribution in [0, 0.1) is 12.8 Å². The topological polar surface area (TPSA) is 38.9 Å². The zero-order valence-corrected chi connectivity index (χ0v) is 10.9. The second kappa shape index (κ2) is 5.78. The fraction of sp³-hybridized carbons (Fsp3) is 0.769. The van der Waals surface area contributed by atoms with Crippen molar-refractivity contribution in [3.8, 4) is 0 Å². The average Bonchev–Trinajstić information content (AvgIpc) is 2.65. The van der Waals surface area contributed by atoms with Gasteiger partial charge in [0.1, 0.15) is 0 Å². The molecule has 1 fully saturated rings. The van der Waals surface area contributed by atoms with Crippen molar-refractivity contribution >= 4 is 11.3 Å². The summed E-state index contributed by atoms with van der Waals surface area (Å²) in [6.07, 6.45) is 9.20. The predicted octanol–water partition coefficient (Wildman–Crippen LogP) is 3.29. The second-order valence-electron chi connectivity index (χ2n) is 5.09. The Morgan fingerprint density at radius 1 is 1.44 bits per heavy atom. The van der Waals surface area contributed by atoms with E-state index in [4.69, 9.17) is 5.73 Å². The van der Waals surface area contributed by atoms with Crippen LogP contribution in [0.2, 0.25) is 0 Å². The first kappa shape index (κ1) is 12.1. The summed E-state index contributed by atoms with van der Waals surface area (Å²) in [7, 11) is 0. The quantitative estimate of drug-likeness (QED) is 0.874. The van der Waals surface area contributed by atoms with Crippen molar-refractivity contribution in [2.45, 2.75) is 57.9 Å². The minimum absolute atomic E-state index is 0.314. The molecular formula is C13H22N2S. The summed E-state index contributed by atoms with van der Waals surface area (Å²) >= 11 is 1.75. The van der Waals surface area contributed by atoms with Crippen molar-refractivity contribution in [2.24, 2.45) is 11.7 Å². The molecule has 1 heterocycles. The van der Waals surface area contributed by atoms with Crippen LogP contribution in [-0.2, 0) is 6.42 Å². The molecule has 1 aliphatic carbocycles. The molecule has 0 aromatic carbocycles. The third kappa shape index (κ3) is 3.56. The highest BCUT2D eigenvalue weighted by molar-refractivity contribution is 7.09. The number of aromatic nitrogens is 1. The van der Waals surface area contributed by atoms with Gasteiger partial charge < -0.3 is 5.73 Å². The lowest BCUT2D eigenvalue weighted by molar-refractivity contribution is 0.316. The van der Waals surface area contributed by atoms with E-state index in [-0.39, 0.29) is 0 Å². The molecule has 16 heavy (non-hydrogen) atoms. The highest BCUT2D eigenvalue weighted by Crippen LogP contribution is 2.27. The molecule has 0 bridgehead atoms. The first-order valence-corrected chi connectivity index (χ1v) is 7.28. The monoisotopic (exact) mass is 238 g/mol. The van der Waals surface area contributed by atoms with Crippen LogP contribution in [0.15, 0.2) is 5.38 Å². The number of hydrogen-bond donors (Lipinski definition) is 1. The molecule has 0 spiro atoms. The van der Waals surface area contributed by atoms with Gasteiger partial charge in [-0.1, -0.05) is 32.1 Å². The van der Waals surface area contributed by atoms with Gasteiger partial charge in [0, 0.05) is 23.5 Å². The van der Waals surface area contributed by atoms with E-state index in [2.05, 4.69) is 10.4 Å². The minimum atomic E-state index is 0.314. The summed E-state index contributed by atoms with van der Waals surface area (Å²) in [6.45, 7) is 2.05. The molecule has 0 saturated heterocycles. The molecule has 1 unspecified atom stereocenters. The molecule has 2 N–H and O–H groups in total. The number of rotatable bonds is 4. The number of aryl methyl sites for hydroxylation is 1. The van der Waals surface area contributed by atoms with E-state index in [1.165, 1.54) is 43.5 Å². The Bertz CT molecular complexity index is 315. The van der Waals surface area contributed by atoms with Crippen molar-refractivity contribution in [3.63, 3.8) is 0 Å². The van der Waals surface area contributed by atoms with Gasteiger partial charge in [-0.25, -0.2) is 4.98 Å². The normalized spacial score (nSPS) is 19.9. The second-order valence-corrected chi connectivity index (χ2v) is 6.03. The molecule has 2 rings (SSSR count). The van der Waals surface area contributed by atoms with Gasteiger partial charge in [0.25, 0.3) is 0 Å². The summed E-state index contributed by atoms with van der Waals surface area (Å²) in [5.74, 6) is 0.879. The van der Waals surface area contributed by atoms with Crippen molar-refractivity contribution in [1.29, 1.82) is 0 Å². The fourth-order valence-corrected chi connectivity index (χ4v) is 3.52. The maximum Gasteiger partial charge on any atom is 0.0943 e. The average molecular weight is 238 g/mol. The van der Waals surface area contributed by atoms with Gasteiger partial charge in [0.05, 0.1) is 5.01 Å². The Kier molecular flexibility index (Phi) is 4.36. The van der Waals surface area contributed by atoms with Crippen molar-refractivity contribution in [3.05, 3.63) is 16.1 Å². The number of thiazole rings is 1. The minimum Gasteiger partial charge on any atom is -0.327 e. The lowest BCUT2D eigenvalue weighted by Gasteiger charge is -2.24. The number of hydrogen-bond acceptors (Lipinski definition) is 3. The summed E-state index contributed by atoms with van der Waals surface area (Å²) < 4.78 is 0. The number of nitrogens with zero attached hydrogens (tertiary/aromatic N) is 1. The summed E-state index contributed by atoms with van der Waals surface area (Å²) in [6, 6.07) is 0.314. The Balaban J connectivity index is 1.77. The Hall–Kier alpha value is -0.410. The van der Waals surface area contributed by atoms with E-state index >= 15 is 0 Å². The molecule has 3 heteroatoms. The highest BCUT2D eigenvalue weighted by atomic mass is 32.1. The Morgan fingerprint density at radius 3 is 2.81 bits per heavy atom. The van der Waals surface area contributed by atoms with Crippen LogP contribution in [0.25, 0.3) is 0 Å². The highest BCUT2D eigenvalue weighted by Gasteiger charge is 2.17. The molecule has 0 aliphatic heterocycles. The molecule has 1 aromatic heterocycles. The third-order valence-electron chi connectivity index (χ3n) is 3.46. The van der Waals surface area contributed by atoms with Crippen LogP contribution in [-0.4, -0.2) is 11.0 Å². The lowest BCUT2D eigenvalue weighted by Crippen LogP contribution is -2.27. The molecular weight excluding hydrogens is 216 g/mol. The summed E-state index contributed by atoms with van der Waals surface area (Å²) in [5.41, 5.74) is 7.34. The van der Waals surface area contributed by atoms with E-state index in [1.807, 2.05) is 6.92 Å². The van der Waals surface area contributed by atoms with Gasteiger partial charge in [-0.15, -0.1) is 11.3 Å². The summed E-state index contributed by atoms with van der Waals surface area (Å²) in [5, 5.41) is 3.32. The SMILES string of the molecule is Cc1csc(CC(N)CC2CCCCC2)n1. The zero-order chi connectivity index (χ0) is 11.4. The lowest BCUT2D eigenvalue weighted by atomic mass is 9.84. The van der Waals surface area contributed by atoms with Crippen molar-refractivity contribution < 1.29 is 0 Å². The molecule has 90 valence electrons. The van der Waals surface area contributed by atoms with Gasteiger partial charge in [0.2, 0.25) is 0 Å². The van der Waals surface area contributed by atoms with E-state index in [1.54, 1.807) is 11.3 Å². The van der Waals surface area contributed by atoms with E-state index in [0.29, 0.717) is 6.04 Å². The van der Waals surface area contributed by atoms with Crippen molar-refractivity contribution in [2.75, 3.05) is 0 Å². The standard InChI is InChI=1S/C13H22N2S/c1-10-9-16-13(15-10)8-12(14)7-11-5-3-2-4-6-11/h9,11-12H,2-8,14H2,1H3. The van der Waals surface area contributed by atoms with Crippen LogP contribution in [0.1, 0.15) is 49.2 Å². The first-order chi connectivity index (χ1) is 7.74. The molecule has 1 aromatic rings. The van der Waals surface area contributed by atoms with E-state index in [9.17, 15) is 0 Å². The van der Waals surface area contributed by atoms with Crippen LogP contribution in [0.3, 0.4) is 0 Å². The first-order valence-electron chi connectivity index (χ1n) is 6.40. The van der Waals surface area contributed by atoms with E-state index in [0.717, 1.165) is 18.0 Å². The molecule has 2 nitrogen and oxygen atoms in total. The summed E-state index contributed by atoms with van der Waals surface area (Å²) in [4.78, 5) is 4.48. The van der Waals surface area contributed by atoms with Gasteiger partial charge in [-0.3, -0.25) is 0 Å². The smallest absolute Gasteiger partial charge is 0.0943 e. The van der Waals surface area contributed by atoms with Gasteiger partial charge in [-0.2, -0.15) is 0 Å². The predicted molar refractivity (Wildman–Crippen MR) is 69.7 cm³/mol. The largest absolute Gasteiger partial charge is 0.327 e. The Labute approximate surface area is 102 Å². The van der Waals surface area contributed by atoms with Crippen LogP contribution in [0.5, 0.6) is 0 Å². The zero-order valence-electron chi connectivity index (χ0n) is 10.1. The molecule has 0 amide bonds. The molecule has 1 saturated carbocycles. The fourth-order valence-electron chi connectivity index (χ4n) is 2.66. The van der Waals surface area contributed by atoms with Gasteiger partial charge in [0.15, 0.2) is 0 Å². The van der Waals surface area contributed by atoms with Crippen molar-refractivity contribution in [1.82, 2.24) is 4.98 Å². The van der Waals surface area contributed by atoms with Gasteiger partial charge in [-0.05, 0) is 19.3 Å². The Morgan fingerprint density at radius 2 is 2.19 bits per heavy atom. The van der Waals surface area contributed by atoms with Gasteiger partial charge >= 0.3 is 0 Å². The maximum absolute atomic E-state index is 6.21. The van der Waals surface area contributed by atoms with E-state index < -0.39 is 0 Å². The maximum atomic E-state index is 6.21. The third-order valence-corrected chi connectivity index (χ3v) is 4.45. The molecule has 1 aliphatic rings. The van der Waals surface area contributed by atoms with Crippen LogP contribution >= 0.6 is 11.3 Å². The molecule has 0 radical (unpaired) electrons. The molecule has 1 atom stereocenters. The van der Waals surface area contributed by atoms with Crippen LogP contribution in [0.4, 0.5) is 0 Å². The van der Waals surface area contributed by atoms with Crippen LogP contribution < -0.4 is 5.73 Å².